The number of amides is 2. The fraction of sp³-hybridized carbons (Fsp3) is 0.522. The fourth-order valence-corrected chi connectivity index (χ4v) is 5.33. The van der Waals surface area contributed by atoms with Crippen LogP contribution in [0.5, 0.6) is 0 Å². The Hall–Kier alpha value is -1.95. The minimum atomic E-state index is -0.655. The van der Waals surface area contributed by atoms with Gasteiger partial charge in [0.05, 0.1) is 17.9 Å². The number of Topliss-reactive ketones (excluding diaryl/α,β-unsaturated/α-hetero) is 1. The number of fused-ring (bicyclic) bond motifs is 5. The molecular weight excluding hydrogens is 432 g/mol. The third kappa shape index (κ3) is 2.90. The highest BCUT2D eigenvalue weighted by molar-refractivity contribution is 9.10. The molecule has 29 heavy (non-hydrogen) atoms. The van der Waals surface area contributed by atoms with Crippen LogP contribution in [0.4, 0.5) is 5.69 Å². The number of likely N-dealkylation sites (tertiary alicyclic amines) is 1. The van der Waals surface area contributed by atoms with Crippen molar-refractivity contribution in [3.63, 3.8) is 0 Å². The van der Waals surface area contributed by atoms with Gasteiger partial charge in [-0.25, -0.2) is 0 Å². The highest BCUT2D eigenvalue weighted by Gasteiger charge is 2.65. The van der Waals surface area contributed by atoms with Crippen LogP contribution < -0.4 is 4.90 Å². The third-order valence-electron chi connectivity index (χ3n) is 6.15. The molecule has 0 unspecified atom stereocenters. The molecule has 1 aromatic rings. The molecule has 0 saturated carbocycles. The summed E-state index contributed by atoms with van der Waals surface area (Å²) in [6, 6.07) is 4.95. The molecule has 2 amide bonds. The summed E-state index contributed by atoms with van der Waals surface area (Å²) in [5.74, 6) is -1.59. The van der Waals surface area contributed by atoms with Gasteiger partial charge >= 0.3 is 0 Å². The van der Waals surface area contributed by atoms with E-state index in [2.05, 4.69) is 15.9 Å². The predicted octanol–water partition coefficient (Wildman–Crippen LogP) is 4.05. The van der Waals surface area contributed by atoms with Crippen molar-refractivity contribution in [2.45, 2.75) is 59.2 Å². The molecule has 154 valence electrons. The molecule has 4 atom stereocenters. The van der Waals surface area contributed by atoms with Crippen LogP contribution in [0.15, 0.2) is 28.7 Å². The number of ketones is 1. The molecule has 4 rings (SSSR count). The second-order valence-corrected chi connectivity index (χ2v) is 11.2. The maximum atomic E-state index is 13.6. The third-order valence-corrected chi connectivity index (χ3v) is 6.64. The molecule has 0 bridgehead atoms. The summed E-state index contributed by atoms with van der Waals surface area (Å²) in [7, 11) is 0. The molecule has 3 heterocycles. The molecule has 3 aliphatic rings. The van der Waals surface area contributed by atoms with Gasteiger partial charge < -0.3 is 4.90 Å². The van der Waals surface area contributed by atoms with Crippen LogP contribution in [-0.2, 0) is 14.4 Å². The van der Waals surface area contributed by atoms with Gasteiger partial charge in [0.25, 0.3) is 0 Å². The van der Waals surface area contributed by atoms with Crippen molar-refractivity contribution >= 4 is 45.3 Å². The van der Waals surface area contributed by atoms with Crippen LogP contribution in [-0.4, -0.2) is 40.1 Å². The zero-order valence-electron chi connectivity index (χ0n) is 17.7. The standard InChI is InChI=1S/C23H27BrN2O3/c1-22(2,3)19(27)18-17-16(20(28)26(21(17)29)23(4,5)6)15-9-7-12-11-13(24)8-10-14(12)25(15)18/h7-11,15-18H,1-6H3/t15-,16+,17-,18-/m0/s1. The first-order chi connectivity index (χ1) is 13.3. The summed E-state index contributed by atoms with van der Waals surface area (Å²) in [5, 5.41) is 0. The lowest BCUT2D eigenvalue weighted by molar-refractivity contribution is -0.146. The second kappa shape index (κ2) is 6.27. The maximum Gasteiger partial charge on any atom is 0.236 e. The average molecular weight is 459 g/mol. The lowest BCUT2D eigenvalue weighted by Gasteiger charge is -2.40. The average Bonchev–Trinajstić information content (AvgIpc) is 3.06. The smallest absolute Gasteiger partial charge is 0.236 e. The van der Waals surface area contributed by atoms with Gasteiger partial charge in [-0.1, -0.05) is 48.9 Å². The summed E-state index contributed by atoms with van der Waals surface area (Å²) in [6.07, 6.45) is 3.99. The van der Waals surface area contributed by atoms with Gasteiger partial charge in [-0.15, -0.1) is 0 Å². The van der Waals surface area contributed by atoms with Crippen LogP contribution in [0, 0.1) is 17.3 Å². The molecule has 0 spiro atoms. The van der Waals surface area contributed by atoms with E-state index in [0.717, 1.165) is 15.7 Å². The topological polar surface area (TPSA) is 57.7 Å². The van der Waals surface area contributed by atoms with Gasteiger partial charge in [0.15, 0.2) is 5.78 Å². The molecule has 2 fully saturated rings. The molecule has 3 aliphatic heterocycles. The van der Waals surface area contributed by atoms with Gasteiger partial charge in [-0.05, 0) is 44.5 Å². The van der Waals surface area contributed by atoms with E-state index in [-0.39, 0.29) is 23.6 Å². The maximum absolute atomic E-state index is 13.6. The van der Waals surface area contributed by atoms with E-state index in [1.807, 2.05) is 76.8 Å². The molecule has 0 N–H and O–H groups in total. The summed E-state index contributed by atoms with van der Waals surface area (Å²) in [4.78, 5) is 43.9. The molecule has 0 radical (unpaired) electrons. The highest BCUT2D eigenvalue weighted by Crippen LogP contribution is 2.51. The Kier molecular flexibility index (Phi) is 4.40. The number of carbonyl (C=O) groups excluding carboxylic acids is 3. The first-order valence-electron chi connectivity index (χ1n) is 10.0. The summed E-state index contributed by atoms with van der Waals surface area (Å²) >= 11 is 3.50. The highest BCUT2D eigenvalue weighted by atomic mass is 79.9. The number of imide groups is 1. The molecular formula is C23H27BrN2O3. The predicted molar refractivity (Wildman–Crippen MR) is 116 cm³/mol. The number of halogens is 1. The molecule has 6 heteroatoms. The van der Waals surface area contributed by atoms with Crippen molar-refractivity contribution in [2.75, 3.05) is 4.90 Å². The molecule has 1 aromatic carbocycles. The van der Waals surface area contributed by atoms with Gasteiger partial charge in [0, 0.05) is 21.1 Å². The van der Waals surface area contributed by atoms with E-state index in [1.54, 1.807) is 0 Å². The van der Waals surface area contributed by atoms with Crippen LogP contribution >= 0.6 is 15.9 Å². The fourth-order valence-electron chi connectivity index (χ4n) is 4.95. The molecule has 2 saturated heterocycles. The van der Waals surface area contributed by atoms with Crippen molar-refractivity contribution < 1.29 is 14.4 Å². The lowest BCUT2D eigenvalue weighted by Crippen LogP contribution is -2.54. The van der Waals surface area contributed by atoms with Crippen LogP contribution in [0.1, 0.15) is 47.1 Å². The Morgan fingerprint density at radius 3 is 2.21 bits per heavy atom. The minimum absolute atomic E-state index is 0.00363. The zero-order chi connectivity index (χ0) is 21.5. The quantitative estimate of drug-likeness (QED) is 0.595. The Morgan fingerprint density at radius 1 is 1.00 bits per heavy atom. The summed E-state index contributed by atoms with van der Waals surface area (Å²) < 4.78 is 0.948. The SMILES string of the molecule is CC(C)(C)C(=O)[C@@H]1[C@H]2C(=O)N(C(C)(C)C)C(=O)[C@@H]2[C@@H]2C=Cc3cc(Br)ccc3N12. The lowest BCUT2D eigenvalue weighted by atomic mass is 9.79. The number of carbonyl (C=O) groups is 3. The van der Waals surface area contributed by atoms with Crippen LogP contribution in [0.3, 0.4) is 0 Å². The Labute approximate surface area is 180 Å². The largest absolute Gasteiger partial charge is 0.353 e. The van der Waals surface area contributed by atoms with E-state index in [0.29, 0.717) is 0 Å². The first-order valence-corrected chi connectivity index (χ1v) is 10.8. The van der Waals surface area contributed by atoms with Crippen LogP contribution in [0.2, 0.25) is 0 Å². The zero-order valence-corrected chi connectivity index (χ0v) is 19.3. The number of benzene rings is 1. The van der Waals surface area contributed by atoms with Gasteiger partial charge in [0.1, 0.15) is 6.04 Å². The normalized spacial score (nSPS) is 28.5. The molecule has 0 aromatic heterocycles. The number of rotatable bonds is 1. The van der Waals surface area contributed by atoms with Crippen LogP contribution in [0.25, 0.3) is 6.08 Å². The first kappa shape index (κ1) is 20.3. The van der Waals surface area contributed by atoms with E-state index < -0.39 is 28.8 Å². The van der Waals surface area contributed by atoms with E-state index in [4.69, 9.17) is 0 Å². The van der Waals surface area contributed by atoms with Crippen molar-refractivity contribution in [1.29, 1.82) is 0 Å². The van der Waals surface area contributed by atoms with E-state index >= 15 is 0 Å². The second-order valence-electron chi connectivity index (χ2n) is 10.3. The van der Waals surface area contributed by atoms with Crippen molar-refractivity contribution in [3.8, 4) is 0 Å². The number of anilines is 1. The minimum Gasteiger partial charge on any atom is -0.353 e. The van der Waals surface area contributed by atoms with Crippen molar-refractivity contribution in [2.24, 2.45) is 17.3 Å². The Bertz CT molecular complexity index is 954. The van der Waals surface area contributed by atoms with Gasteiger partial charge in [0.2, 0.25) is 11.8 Å². The van der Waals surface area contributed by atoms with Gasteiger partial charge in [-0.2, -0.15) is 0 Å². The van der Waals surface area contributed by atoms with E-state index in [9.17, 15) is 14.4 Å². The van der Waals surface area contributed by atoms with Crippen molar-refractivity contribution in [1.82, 2.24) is 4.90 Å². The molecule has 0 aliphatic carbocycles. The summed E-state index contributed by atoms with van der Waals surface area (Å²) in [6.45, 7) is 11.2. The summed E-state index contributed by atoms with van der Waals surface area (Å²) in [5.41, 5.74) is 0.648. The number of nitrogens with zero attached hydrogens (tertiary/aromatic N) is 2. The number of hydrogen-bond acceptors (Lipinski definition) is 4. The molecule has 5 nitrogen and oxygen atoms in total. The Morgan fingerprint density at radius 2 is 1.62 bits per heavy atom. The van der Waals surface area contributed by atoms with Gasteiger partial charge in [-0.3, -0.25) is 19.3 Å². The monoisotopic (exact) mass is 458 g/mol. The Balaban J connectivity index is 1.90. The number of hydrogen-bond donors (Lipinski definition) is 0. The van der Waals surface area contributed by atoms with Crippen molar-refractivity contribution in [3.05, 3.63) is 34.3 Å². The van der Waals surface area contributed by atoms with E-state index in [1.165, 1.54) is 4.90 Å².